The molecule has 182 valence electrons. The van der Waals surface area contributed by atoms with E-state index >= 15 is 0 Å². The van der Waals surface area contributed by atoms with Gasteiger partial charge in [0, 0.05) is 32.1 Å². The number of nitrogens with zero attached hydrogens (tertiary/aromatic N) is 2. The van der Waals surface area contributed by atoms with E-state index in [1.54, 1.807) is 11.8 Å². The van der Waals surface area contributed by atoms with Crippen LogP contribution >= 0.6 is 0 Å². The Bertz CT molecular complexity index is 663. The predicted molar refractivity (Wildman–Crippen MR) is 121 cm³/mol. The highest BCUT2D eigenvalue weighted by Crippen LogP contribution is 2.29. The number of ether oxygens (including phenoxy) is 1. The van der Waals surface area contributed by atoms with Gasteiger partial charge in [-0.05, 0) is 32.1 Å². The Morgan fingerprint density at radius 2 is 1.78 bits per heavy atom. The van der Waals surface area contributed by atoms with Gasteiger partial charge < -0.3 is 25.2 Å². The summed E-state index contributed by atoms with van der Waals surface area (Å²) >= 11 is 0. The van der Waals surface area contributed by atoms with E-state index in [0.29, 0.717) is 32.0 Å². The van der Waals surface area contributed by atoms with E-state index < -0.39 is 18.0 Å². The lowest BCUT2D eigenvalue weighted by molar-refractivity contribution is -0.144. The van der Waals surface area contributed by atoms with Crippen molar-refractivity contribution in [3.05, 3.63) is 0 Å². The minimum absolute atomic E-state index is 0.0609. The first kappa shape index (κ1) is 25.9. The average molecular weight is 453 g/mol. The third-order valence-corrected chi connectivity index (χ3v) is 6.42. The Morgan fingerprint density at radius 3 is 2.38 bits per heavy atom. The molecular formula is C23H40N4O5. The van der Waals surface area contributed by atoms with E-state index in [0.717, 1.165) is 6.42 Å². The number of carbonyl (C=O) groups excluding carboxylic acids is 4. The maximum Gasteiger partial charge on any atom is 0.325 e. The third-order valence-electron chi connectivity index (χ3n) is 6.42. The maximum atomic E-state index is 13.1. The second-order valence-electron chi connectivity index (χ2n) is 9.26. The van der Waals surface area contributed by atoms with E-state index in [-0.39, 0.29) is 36.9 Å². The van der Waals surface area contributed by atoms with Crippen LogP contribution in [0.1, 0.15) is 66.2 Å². The smallest absolute Gasteiger partial charge is 0.325 e. The number of carbonyl (C=O) groups is 4. The van der Waals surface area contributed by atoms with Gasteiger partial charge in [-0.2, -0.15) is 0 Å². The molecule has 9 nitrogen and oxygen atoms in total. The summed E-state index contributed by atoms with van der Waals surface area (Å²) in [5.41, 5.74) is 0. The van der Waals surface area contributed by atoms with E-state index in [9.17, 15) is 19.2 Å². The molecule has 2 unspecified atom stereocenters. The fourth-order valence-corrected chi connectivity index (χ4v) is 4.57. The molecular weight excluding hydrogens is 412 g/mol. The van der Waals surface area contributed by atoms with Gasteiger partial charge >= 0.3 is 12.0 Å². The Labute approximate surface area is 191 Å². The highest BCUT2D eigenvalue weighted by atomic mass is 16.5. The lowest BCUT2D eigenvalue weighted by Crippen LogP contribution is -2.60. The zero-order chi connectivity index (χ0) is 23.7. The summed E-state index contributed by atoms with van der Waals surface area (Å²) in [5, 5.41) is 5.11. The molecule has 2 aliphatic rings. The SMILES string of the molecule is CCOC(=O)CNC(=O)NC(C(=O)N1CCN(C(=O)CCC2CCCC2)C(C)C1)C(C)C. The number of amides is 4. The van der Waals surface area contributed by atoms with Gasteiger partial charge in [0.05, 0.1) is 6.61 Å². The molecule has 2 fully saturated rings. The van der Waals surface area contributed by atoms with Gasteiger partial charge in [0.2, 0.25) is 11.8 Å². The van der Waals surface area contributed by atoms with E-state index in [1.807, 2.05) is 25.7 Å². The number of urea groups is 1. The van der Waals surface area contributed by atoms with Crippen LogP contribution in [-0.2, 0) is 19.1 Å². The first-order valence-corrected chi connectivity index (χ1v) is 12.0. The van der Waals surface area contributed by atoms with Gasteiger partial charge in [0.15, 0.2) is 0 Å². The number of nitrogens with one attached hydrogen (secondary N) is 2. The topological polar surface area (TPSA) is 108 Å². The normalized spacial score (nSPS) is 20.2. The number of hydrogen-bond donors (Lipinski definition) is 2. The van der Waals surface area contributed by atoms with Crippen molar-refractivity contribution in [2.45, 2.75) is 78.3 Å². The van der Waals surface area contributed by atoms with Crippen LogP contribution in [0.2, 0.25) is 0 Å². The van der Waals surface area contributed by atoms with Gasteiger partial charge in [-0.25, -0.2) is 4.79 Å². The molecule has 2 rings (SSSR count). The van der Waals surface area contributed by atoms with E-state index in [4.69, 9.17) is 4.74 Å². The maximum absolute atomic E-state index is 13.1. The van der Waals surface area contributed by atoms with E-state index in [2.05, 4.69) is 10.6 Å². The standard InChI is InChI=1S/C23H40N4O5/c1-5-32-20(29)14-24-23(31)25-21(16(2)3)22(30)26-12-13-27(17(4)15-26)19(28)11-10-18-8-6-7-9-18/h16-18,21H,5-15H2,1-4H3,(H2,24,25,31). The summed E-state index contributed by atoms with van der Waals surface area (Å²) in [6, 6.07) is -1.36. The van der Waals surface area contributed by atoms with Crippen molar-refractivity contribution in [2.75, 3.05) is 32.8 Å². The molecule has 0 spiro atoms. The zero-order valence-electron chi connectivity index (χ0n) is 20.0. The third kappa shape index (κ3) is 7.67. The highest BCUT2D eigenvalue weighted by molar-refractivity contribution is 5.88. The Hall–Kier alpha value is -2.32. The summed E-state index contributed by atoms with van der Waals surface area (Å²) in [4.78, 5) is 53.1. The quantitative estimate of drug-likeness (QED) is 0.520. The Balaban J connectivity index is 1.84. The molecule has 1 aliphatic heterocycles. The minimum Gasteiger partial charge on any atom is -0.465 e. The van der Waals surface area contributed by atoms with Gasteiger partial charge in [0.25, 0.3) is 0 Å². The minimum atomic E-state index is -0.714. The highest BCUT2D eigenvalue weighted by Gasteiger charge is 2.34. The number of esters is 1. The number of piperazine rings is 1. The Morgan fingerprint density at radius 1 is 1.09 bits per heavy atom. The van der Waals surface area contributed by atoms with Crippen molar-refractivity contribution < 1.29 is 23.9 Å². The van der Waals surface area contributed by atoms with E-state index in [1.165, 1.54) is 25.7 Å². The summed E-state index contributed by atoms with van der Waals surface area (Å²) in [5.74, 6) is 0.0318. The summed E-state index contributed by atoms with van der Waals surface area (Å²) in [7, 11) is 0. The second kappa shape index (κ2) is 12.6. The van der Waals surface area contributed by atoms with Crippen LogP contribution in [0.5, 0.6) is 0 Å². The molecule has 2 atom stereocenters. The van der Waals surface area contributed by atoms with Crippen molar-refractivity contribution >= 4 is 23.8 Å². The van der Waals surface area contributed by atoms with Crippen molar-refractivity contribution in [2.24, 2.45) is 11.8 Å². The van der Waals surface area contributed by atoms with Gasteiger partial charge in [-0.3, -0.25) is 14.4 Å². The van der Waals surface area contributed by atoms with Crippen LogP contribution in [0.3, 0.4) is 0 Å². The fourth-order valence-electron chi connectivity index (χ4n) is 4.57. The number of rotatable bonds is 9. The largest absolute Gasteiger partial charge is 0.465 e. The molecule has 1 saturated carbocycles. The molecule has 0 bridgehead atoms. The van der Waals surface area contributed by atoms with Crippen molar-refractivity contribution in [3.8, 4) is 0 Å². The summed E-state index contributed by atoms with van der Waals surface area (Å²) < 4.78 is 4.79. The van der Waals surface area contributed by atoms with Crippen LogP contribution in [0, 0.1) is 11.8 Å². The first-order valence-electron chi connectivity index (χ1n) is 12.0. The lowest BCUT2D eigenvalue weighted by Gasteiger charge is -2.41. The van der Waals surface area contributed by atoms with Gasteiger partial charge in [0.1, 0.15) is 12.6 Å². The molecule has 9 heteroatoms. The van der Waals surface area contributed by atoms with Crippen LogP contribution in [0.4, 0.5) is 4.79 Å². The molecule has 0 aromatic rings. The molecule has 1 saturated heterocycles. The first-order chi connectivity index (χ1) is 15.2. The van der Waals surface area contributed by atoms with Crippen molar-refractivity contribution in [1.29, 1.82) is 0 Å². The van der Waals surface area contributed by atoms with Gasteiger partial charge in [-0.15, -0.1) is 0 Å². The molecule has 2 N–H and O–H groups in total. The Kier molecular flexibility index (Phi) is 10.3. The van der Waals surface area contributed by atoms with Crippen LogP contribution in [0.15, 0.2) is 0 Å². The molecule has 0 aromatic carbocycles. The molecule has 4 amide bonds. The lowest BCUT2D eigenvalue weighted by atomic mass is 10.00. The number of hydrogen-bond acceptors (Lipinski definition) is 5. The van der Waals surface area contributed by atoms with Crippen LogP contribution in [0.25, 0.3) is 0 Å². The molecule has 32 heavy (non-hydrogen) atoms. The monoisotopic (exact) mass is 452 g/mol. The summed E-state index contributed by atoms with van der Waals surface area (Å²) in [6.07, 6.45) is 6.58. The molecule has 0 radical (unpaired) electrons. The predicted octanol–water partition coefficient (Wildman–Crippen LogP) is 1.90. The average Bonchev–Trinajstić information content (AvgIpc) is 3.27. The van der Waals surface area contributed by atoms with Gasteiger partial charge in [-0.1, -0.05) is 39.5 Å². The molecule has 0 aromatic heterocycles. The van der Waals surface area contributed by atoms with Crippen molar-refractivity contribution in [3.63, 3.8) is 0 Å². The zero-order valence-corrected chi connectivity index (χ0v) is 20.0. The molecule has 1 aliphatic carbocycles. The second-order valence-corrected chi connectivity index (χ2v) is 9.26. The fraction of sp³-hybridized carbons (Fsp3) is 0.826. The summed E-state index contributed by atoms with van der Waals surface area (Å²) in [6.45, 7) is 8.78. The van der Waals surface area contributed by atoms with Crippen molar-refractivity contribution in [1.82, 2.24) is 20.4 Å². The van der Waals surface area contributed by atoms with Crippen LogP contribution in [-0.4, -0.2) is 78.5 Å². The molecule has 1 heterocycles. The van der Waals surface area contributed by atoms with Crippen LogP contribution < -0.4 is 10.6 Å².